The molecular formula is C8H5N3O2. The van der Waals surface area contributed by atoms with Crippen molar-refractivity contribution in [2.45, 2.75) is 0 Å². The minimum Gasteiger partial charge on any atom is -0.480 e. The van der Waals surface area contributed by atoms with Crippen molar-refractivity contribution < 1.29 is 9.53 Å². The molecule has 2 rings (SSSR count). The highest BCUT2D eigenvalue weighted by Gasteiger charge is 2.16. The van der Waals surface area contributed by atoms with Gasteiger partial charge in [-0.15, -0.1) is 0 Å². The maximum atomic E-state index is 10.8. The first-order valence-electron chi connectivity index (χ1n) is 3.62. The molecule has 5 heteroatoms. The third kappa shape index (κ3) is 1.29. The lowest BCUT2D eigenvalue weighted by atomic mass is 10.3. The third-order valence-corrected chi connectivity index (χ3v) is 1.60. The molecule has 2 heterocycles. The minimum atomic E-state index is -0.232. The average Bonchev–Trinajstić information content (AvgIpc) is 2.17. The fraction of sp³-hybridized carbons (Fsp3) is 0.125. The Bertz CT molecular complexity index is 408. The molecular weight excluding hydrogens is 170 g/mol. The first-order chi connectivity index (χ1) is 6.29. The van der Waals surface area contributed by atoms with Gasteiger partial charge in [0.1, 0.15) is 6.07 Å². The Balaban J connectivity index is 2.43. The fourth-order valence-corrected chi connectivity index (χ4v) is 1.02. The summed E-state index contributed by atoms with van der Waals surface area (Å²) in [5.74, 6) is 0.582. The highest BCUT2D eigenvalue weighted by atomic mass is 16.5. The molecule has 1 N–H and O–H groups in total. The van der Waals surface area contributed by atoms with E-state index in [1.165, 1.54) is 6.20 Å². The monoisotopic (exact) mass is 175 g/mol. The van der Waals surface area contributed by atoms with Crippen molar-refractivity contribution in [3.05, 3.63) is 17.8 Å². The molecule has 0 radical (unpaired) electrons. The van der Waals surface area contributed by atoms with Gasteiger partial charge in [0.2, 0.25) is 0 Å². The Hall–Kier alpha value is -2.09. The second-order valence-corrected chi connectivity index (χ2v) is 2.52. The van der Waals surface area contributed by atoms with Gasteiger partial charge >= 0.3 is 0 Å². The number of pyridine rings is 1. The third-order valence-electron chi connectivity index (χ3n) is 1.60. The van der Waals surface area contributed by atoms with Crippen LogP contribution in [0.4, 0.5) is 5.82 Å². The SMILES string of the molecule is N#Cc1cnc2c(c1)OCC(=O)N2. The van der Waals surface area contributed by atoms with Crippen molar-refractivity contribution in [3.8, 4) is 11.8 Å². The van der Waals surface area contributed by atoms with Crippen LogP contribution in [0, 0.1) is 11.3 Å². The Kier molecular flexibility index (Phi) is 1.60. The van der Waals surface area contributed by atoms with Crippen LogP contribution in [0.3, 0.4) is 0 Å². The summed E-state index contributed by atoms with van der Waals surface area (Å²) in [5, 5.41) is 11.1. The number of hydrogen-bond donors (Lipinski definition) is 1. The second kappa shape index (κ2) is 2.75. The standard InChI is InChI=1S/C8H5N3O2/c9-2-5-1-6-8(10-3-5)11-7(12)4-13-6/h1,3H,4H2,(H,10,11,12). The topological polar surface area (TPSA) is 75.0 Å². The Morgan fingerprint density at radius 1 is 1.69 bits per heavy atom. The van der Waals surface area contributed by atoms with E-state index in [9.17, 15) is 4.79 Å². The van der Waals surface area contributed by atoms with E-state index in [4.69, 9.17) is 10.00 Å². The first-order valence-corrected chi connectivity index (χ1v) is 3.62. The molecule has 13 heavy (non-hydrogen) atoms. The first kappa shape index (κ1) is 7.55. The average molecular weight is 175 g/mol. The summed E-state index contributed by atoms with van der Waals surface area (Å²) >= 11 is 0. The maximum Gasteiger partial charge on any atom is 0.263 e. The fourth-order valence-electron chi connectivity index (χ4n) is 1.02. The molecule has 0 saturated heterocycles. The van der Waals surface area contributed by atoms with Crippen LogP contribution < -0.4 is 10.1 Å². The number of aromatic nitrogens is 1. The van der Waals surface area contributed by atoms with Crippen molar-refractivity contribution in [2.24, 2.45) is 0 Å². The van der Waals surface area contributed by atoms with E-state index in [1.807, 2.05) is 6.07 Å². The van der Waals surface area contributed by atoms with Crippen molar-refractivity contribution in [2.75, 3.05) is 11.9 Å². The zero-order valence-electron chi connectivity index (χ0n) is 6.57. The van der Waals surface area contributed by atoms with E-state index in [1.54, 1.807) is 6.07 Å². The largest absolute Gasteiger partial charge is 0.480 e. The van der Waals surface area contributed by atoms with Crippen LogP contribution in [-0.2, 0) is 4.79 Å². The molecule has 1 aromatic rings. The van der Waals surface area contributed by atoms with Crippen LogP contribution in [0.1, 0.15) is 5.56 Å². The van der Waals surface area contributed by atoms with Gasteiger partial charge in [0.15, 0.2) is 18.2 Å². The molecule has 0 fully saturated rings. The molecule has 0 unspecified atom stereocenters. The van der Waals surface area contributed by atoms with E-state index in [0.29, 0.717) is 17.1 Å². The van der Waals surface area contributed by atoms with Crippen molar-refractivity contribution in [1.29, 1.82) is 5.26 Å². The Labute approximate surface area is 74.0 Å². The van der Waals surface area contributed by atoms with Gasteiger partial charge in [-0.05, 0) is 0 Å². The van der Waals surface area contributed by atoms with Gasteiger partial charge < -0.3 is 10.1 Å². The Morgan fingerprint density at radius 3 is 3.31 bits per heavy atom. The van der Waals surface area contributed by atoms with Gasteiger partial charge in [-0.1, -0.05) is 0 Å². The second-order valence-electron chi connectivity index (χ2n) is 2.52. The van der Waals surface area contributed by atoms with Gasteiger partial charge in [-0.2, -0.15) is 5.26 Å². The lowest BCUT2D eigenvalue weighted by molar-refractivity contribution is -0.118. The molecule has 0 aliphatic carbocycles. The molecule has 1 aliphatic heterocycles. The summed E-state index contributed by atoms with van der Waals surface area (Å²) in [5.41, 5.74) is 0.412. The lowest BCUT2D eigenvalue weighted by Crippen LogP contribution is -2.26. The van der Waals surface area contributed by atoms with Gasteiger partial charge in [0, 0.05) is 12.3 Å². The summed E-state index contributed by atoms with van der Waals surface area (Å²) < 4.78 is 5.05. The molecule has 64 valence electrons. The molecule has 0 spiro atoms. The number of carbonyl (C=O) groups excluding carboxylic acids is 1. The summed E-state index contributed by atoms with van der Waals surface area (Å²) in [6, 6.07) is 3.48. The number of nitriles is 1. The highest BCUT2D eigenvalue weighted by Crippen LogP contribution is 2.25. The highest BCUT2D eigenvalue weighted by molar-refractivity contribution is 5.94. The van der Waals surface area contributed by atoms with Crippen molar-refractivity contribution >= 4 is 11.7 Å². The predicted molar refractivity (Wildman–Crippen MR) is 43.1 cm³/mol. The number of nitrogens with zero attached hydrogens (tertiary/aromatic N) is 2. The van der Waals surface area contributed by atoms with E-state index in [2.05, 4.69) is 10.3 Å². The van der Waals surface area contributed by atoms with Gasteiger partial charge in [-0.25, -0.2) is 4.98 Å². The van der Waals surface area contributed by atoms with Gasteiger partial charge in [-0.3, -0.25) is 4.79 Å². The summed E-state index contributed by atoms with van der Waals surface area (Å²) in [4.78, 5) is 14.7. The van der Waals surface area contributed by atoms with E-state index in [0.717, 1.165) is 0 Å². The molecule has 1 aliphatic rings. The normalized spacial score (nSPS) is 13.6. The summed E-state index contributed by atoms with van der Waals surface area (Å²) in [6.07, 6.45) is 1.38. The Morgan fingerprint density at radius 2 is 2.54 bits per heavy atom. The molecule has 0 bridgehead atoms. The van der Waals surface area contributed by atoms with Crippen LogP contribution >= 0.6 is 0 Å². The number of rotatable bonds is 0. The van der Waals surface area contributed by atoms with E-state index < -0.39 is 0 Å². The number of nitrogens with one attached hydrogen (secondary N) is 1. The molecule has 1 amide bonds. The minimum absolute atomic E-state index is 0.0242. The van der Waals surface area contributed by atoms with Crippen LogP contribution in [0.15, 0.2) is 12.3 Å². The van der Waals surface area contributed by atoms with Crippen LogP contribution in [-0.4, -0.2) is 17.5 Å². The molecule has 0 saturated carbocycles. The van der Waals surface area contributed by atoms with Gasteiger partial charge in [0.25, 0.3) is 5.91 Å². The number of hydrogen-bond acceptors (Lipinski definition) is 4. The van der Waals surface area contributed by atoms with Crippen LogP contribution in [0.2, 0.25) is 0 Å². The van der Waals surface area contributed by atoms with Crippen molar-refractivity contribution in [1.82, 2.24) is 4.98 Å². The molecule has 1 aromatic heterocycles. The van der Waals surface area contributed by atoms with E-state index >= 15 is 0 Å². The van der Waals surface area contributed by atoms with E-state index in [-0.39, 0.29) is 12.5 Å². The number of amides is 1. The van der Waals surface area contributed by atoms with Gasteiger partial charge in [0.05, 0.1) is 5.56 Å². The number of fused-ring (bicyclic) bond motifs is 1. The maximum absolute atomic E-state index is 10.8. The number of ether oxygens (including phenoxy) is 1. The summed E-state index contributed by atoms with van der Waals surface area (Å²) in [7, 11) is 0. The quantitative estimate of drug-likeness (QED) is 0.614. The molecule has 5 nitrogen and oxygen atoms in total. The zero-order valence-corrected chi connectivity index (χ0v) is 6.57. The molecule has 0 atom stereocenters. The summed E-state index contributed by atoms with van der Waals surface area (Å²) in [6.45, 7) is -0.0242. The predicted octanol–water partition coefficient (Wildman–Crippen LogP) is 0.284. The number of anilines is 1. The smallest absolute Gasteiger partial charge is 0.263 e. The van der Waals surface area contributed by atoms with Crippen LogP contribution in [0.25, 0.3) is 0 Å². The molecule has 0 aromatic carbocycles. The van der Waals surface area contributed by atoms with Crippen molar-refractivity contribution in [3.63, 3.8) is 0 Å². The zero-order chi connectivity index (χ0) is 9.26. The number of carbonyl (C=O) groups is 1. The lowest BCUT2D eigenvalue weighted by Gasteiger charge is -2.15. The van der Waals surface area contributed by atoms with Crippen LogP contribution in [0.5, 0.6) is 5.75 Å².